The summed E-state index contributed by atoms with van der Waals surface area (Å²) in [4.78, 5) is 47.9. The lowest BCUT2D eigenvalue weighted by molar-refractivity contribution is -0.141. The van der Waals surface area contributed by atoms with Crippen LogP contribution in [-0.4, -0.2) is 70.9 Å². The van der Waals surface area contributed by atoms with E-state index in [0.29, 0.717) is 41.7 Å². The quantitative estimate of drug-likeness (QED) is 0.269. The van der Waals surface area contributed by atoms with Crippen LogP contribution in [0.4, 0.5) is 0 Å². The predicted molar refractivity (Wildman–Crippen MR) is 150 cm³/mol. The molecule has 0 fully saturated rings. The van der Waals surface area contributed by atoms with Gasteiger partial charge < -0.3 is 34.1 Å². The Balaban J connectivity index is 1.37. The minimum atomic E-state index is -1.04. The van der Waals surface area contributed by atoms with Crippen molar-refractivity contribution in [3.05, 3.63) is 59.9 Å². The topological polar surface area (TPSA) is 154 Å². The normalized spacial score (nSPS) is 12.1. The Kier molecular flexibility index (Phi) is 9.35. The third-order valence-corrected chi connectivity index (χ3v) is 6.74. The lowest BCUT2D eigenvalue weighted by atomic mass is 10.1. The van der Waals surface area contributed by atoms with Crippen LogP contribution in [0.1, 0.15) is 41.6 Å². The van der Waals surface area contributed by atoms with Crippen LogP contribution in [0.25, 0.3) is 10.8 Å². The number of hydrogen-bond acceptors (Lipinski definition) is 8. The summed E-state index contributed by atoms with van der Waals surface area (Å²) in [5.74, 6) is -0.748. The lowest BCUT2D eigenvalue weighted by Gasteiger charge is -2.15. The van der Waals surface area contributed by atoms with E-state index in [0.717, 1.165) is 21.9 Å². The number of carbonyl (C=O) groups is 4. The molecule has 1 aromatic heterocycles. The first kappa shape index (κ1) is 30.0. The van der Waals surface area contributed by atoms with Gasteiger partial charge in [0.1, 0.15) is 13.2 Å². The van der Waals surface area contributed by atoms with Gasteiger partial charge in [0.25, 0.3) is 0 Å². The molecule has 4 rings (SSSR count). The van der Waals surface area contributed by atoms with Crippen molar-refractivity contribution in [2.75, 3.05) is 27.4 Å². The summed E-state index contributed by atoms with van der Waals surface area (Å²) in [6.45, 7) is 4.99. The Bertz CT molecular complexity index is 1540. The van der Waals surface area contributed by atoms with Crippen LogP contribution >= 0.6 is 0 Å². The molecule has 0 bridgehead atoms. The van der Waals surface area contributed by atoms with E-state index in [9.17, 15) is 19.2 Å². The molecule has 0 atom stereocenters. The number of carbonyl (C=O) groups excluding carboxylic acids is 2. The molecule has 12 nitrogen and oxygen atoms in total. The average Bonchev–Trinajstić information content (AvgIpc) is 3.58. The van der Waals surface area contributed by atoms with Crippen molar-refractivity contribution in [3.8, 4) is 23.0 Å². The molecule has 1 aliphatic heterocycles. The van der Waals surface area contributed by atoms with Crippen LogP contribution in [-0.2, 0) is 27.5 Å². The second-order valence-corrected chi connectivity index (χ2v) is 9.83. The first-order valence-electron chi connectivity index (χ1n) is 13.1. The molecule has 2 aromatic carbocycles. The number of aromatic nitrogens is 1. The summed E-state index contributed by atoms with van der Waals surface area (Å²) in [6, 6.07) is 7.09. The van der Waals surface area contributed by atoms with Crippen molar-refractivity contribution in [2.24, 2.45) is 0 Å². The number of carboxylic acid groups (broad SMARTS) is 2. The minimum Gasteiger partial charge on any atom is -0.493 e. The van der Waals surface area contributed by atoms with Crippen molar-refractivity contribution >= 4 is 34.5 Å². The number of methoxy groups -OCH3 is 2. The lowest BCUT2D eigenvalue weighted by Crippen LogP contribution is -2.25. The summed E-state index contributed by atoms with van der Waals surface area (Å²) < 4.78 is 24.2. The molecule has 0 spiro atoms. The molecule has 0 saturated carbocycles. The average molecular weight is 581 g/mol. The molecule has 2 heterocycles. The number of fused-ring (bicyclic) bond motifs is 2. The Labute approximate surface area is 241 Å². The molecule has 42 heavy (non-hydrogen) atoms. The molecule has 1 aliphatic rings. The van der Waals surface area contributed by atoms with Gasteiger partial charge in [0.2, 0.25) is 11.8 Å². The smallest absolute Gasteiger partial charge is 0.303 e. The Morgan fingerprint density at radius 3 is 1.69 bits per heavy atom. The first-order chi connectivity index (χ1) is 20.1. The zero-order chi connectivity index (χ0) is 30.4. The molecule has 12 heteroatoms. The minimum absolute atomic E-state index is 0.0574. The maximum Gasteiger partial charge on any atom is 0.303 e. The fourth-order valence-corrected chi connectivity index (χ4v) is 4.54. The Morgan fingerprint density at radius 2 is 1.17 bits per heavy atom. The van der Waals surface area contributed by atoms with Gasteiger partial charge in [-0.25, -0.2) is 0 Å². The van der Waals surface area contributed by atoms with Crippen LogP contribution in [0.5, 0.6) is 23.0 Å². The molecule has 1 amide bonds. The van der Waals surface area contributed by atoms with Crippen LogP contribution in [0.2, 0.25) is 0 Å². The van der Waals surface area contributed by atoms with Crippen molar-refractivity contribution < 1.29 is 48.3 Å². The zero-order valence-electron chi connectivity index (χ0n) is 23.4. The Morgan fingerprint density at radius 1 is 0.714 bits per heavy atom. The first-order valence-corrected chi connectivity index (χ1v) is 13.1. The summed E-state index contributed by atoms with van der Waals surface area (Å²) in [5, 5.41) is 19.1. The highest BCUT2D eigenvalue weighted by atomic mass is 16.5. The highest BCUT2D eigenvalue weighted by molar-refractivity contribution is 5.92. The fraction of sp³-hybridized carbons (Fsp3) is 0.333. The highest BCUT2D eigenvalue weighted by Crippen LogP contribution is 2.36. The van der Waals surface area contributed by atoms with Crippen LogP contribution < -0.4 is 18.9 Å². The van der Waals surface area contributed by atoms with Gasteiger partial charge in [0, 0.05) is 49.1 Å². The number of hydrogen-bond donors (Lipinski definition) is 2. The van der Waals surface area contributed by atoms with E-state index in [4.69, 9.17) is 29.2 Å². The Hall–Kier alpha value is -5.00. The fourth-order valence-electron chi connectivity index (χ4n) is 4.54. The molecular formula is C30H32N2O10. The predicted octanol–water partition coefficient (Wildman–Crippen LogP) is 3.88. The van der Waals surface area contributed by atoms with Gasteiger partial charge in [0.15, 0.2) is 23.0 Å². The van der Waals surface area contributed by atoms with Crippen LogP contribution in [0.3, 0.4) is 0 Å². The van der Waals surface area contributed by atoms with Gasteiger partial charge in [-0.2, -0.15) is 0 Å². The number of amides is 1. The summed E-state index contributed by atoms with van der Waals surface area (Å²) in [5.41, 5.74) is 2.42. The van der Waals surface area contributed by atoms with Crippen molar-refractivity contribution in [1.29, 1.82) is 0 Å². The maximum atomic E-state index is 12.4. The summed E-state index contributed by atoms with van der Waals surface area (Å²) >= 11 is 0. The van der Waals surface area contributed by atoms with Crippen molar-refractivity contribution in [1.82, 2.24) is 9.47 Å². The molecule has 0 saturated heterocycles. The molecular weight excluding hydrogens is 548 g/mol. The van der Waals surface area contributed by atoms with Gasteiger partial charge in [-0.1, -0.05) is 6.58 Å². The van der Waals surface area contributed by atoms with Crippen molar-refractivity contribution in [2.45, 2.75) is 38.8 Å². The molecule has 222 valence electrons. The van der Waals surface area contributed by atoms with Gasteiger partial charge in [-0.05, 0) is 41.0 Å². The largest absolute Gasteiger partial charge is 0.493 e. The monoisotopic (exact) mass is 580 g/mol. The van der Waals surface area contributed by atoms with E-state index in [-0.39, 0.29) is 50.7 Å². The van der Waals surface area contributed by atoms with Gasteiger partial charge in [-0.3, -0.25) is 23.7 Å². The van der Waals surface area contributed by atoms with Gasteiger partial charge in [0.05, 0.1) is 27.1 Å². The second kappa shape index (κ2) is 13.1. The standard InChI is InChI=1S/C30H32N2O10/c1-18(16-41-25-10-21-14-31(27(33)4-6-29(35)36)12-19(21)8-23(25)39-2)17-42-26-11-22-15-32(28(34)5-7-30(37)38)13-20(22)9-24(26)40-3/h8-12,14H,1,4-7,13,15-17H2,2-3H3,(H,35,36)(H,37,38). The summed E-state index contributed by atoms with van der Waals surface area (Å²) in [6.07, 6.45) is 2.60. The molecule has 0 aliphatic carbocycles. The molecule has 0 radical (unpaired) electrons. The number of benzene rings is 2. The van der Waals surface area contributed by atoms with E-state index < -0.39 is 11.9 Å². The van der Waals surface area contributed by atoms with Crippen LogP contribution in [0.15, 0.2) is 48.8 Å². The highest BCUT2D eigenvalue weighted by Gasteiger charge is 2.26. The number of carboxylic acids is 2. The maximum absolute atomic E-state index is 12.4. The number of aliphatic carboxylic acids is 2. The molecule has 3 aromatic rings. The number of ether oxygens (including phenoxy) is 4. The zero-order valence-corrected chi connectivity index (χ0v) is 23.4. The third kappa shape index (κ3) is 7.19. The number of nitrogens with zero attached hydrogens (tertiary/aromatic N) is 2. The third-order valence-electron chi connectivity index (χ3n) is 6.74. The van der Waals surface area contributed by atoms with Crippen molar-refractivity contribution in [3.63, 3.8) is 0 Å². The molecule has 2 N–H and O–H groups in total. The van der Waals surface area contributed by atoms with Crippen LogP contribution in [0, 0.1) is 0 Å². The SMILES string of the molecule is C=C(COc1cc2c(cc1OC)CN(C(=O)CCC(=O)O)C2)COc1cc2cn(C(=O)CCC(=O)O)cc2cc1OC. The number of rotatable bonds is 14. The van der Waals surface area contributed by atoms with Gasteiger partial charge >= 0.3 is 11.9 Å². The van der Waals surface area contributed by atoms with Gasteiger partial charge in [-0.15, -0.1) is 0 Å². The van der Waals surface area contributed by atoms with E-state index in [1.807, 2.05) is 12.1 Å². The molecule has 0 unspecified atom stereocenters. The second-order valence-electron chi connectivity index (χ2n) is 9.83. The summed E-state index contributed by atoms with van der Waals surface area (Å²) in [7, 11) is 3.02. The van der Waals surface area contributed by atoms with E-state index in [1.54, 1.807) is 29.4 Å². The van der Waals surface area contributed by atoms with E-state index in [1.165, 1.54) is 18.8 Å². The van der Waals surface area contributed by atoms with E-state index >= 15 is 0 Å². The van der Waals surface area contributed by atoms with E-state index in [2.05, 4.69) is 6.58 Å².